The zero-order chi connectivity index (χ0) is 48.4. The van der Waals surface area contributed by atoms with Gasteiger partial charge in [0.05, 0.1) is 62.2 Å². The molecule has 2 aliphatic heterocycles. The van der Waals surface area contributed by atoms with Gasteiger partial charge in [-0.25, -0.2) is 0 Å². The van der Waals surface area contributed by atoms with Gasteiger partial charge in [0.25, 0.3) is 0 Å². The number of Topliss-reactive ketones (excluding diaryl/α,β-unsaturated/α-hetero) is 2. The lowest BCUT2D eigenvalue weighted by Crippen LogP contribution is -2.38. The van der Waals surface area contributed by atoms with Crippen molar-refractivity contribution in [2.45, 2.75) is 201 Å². The van der Waals surface area contributed by atoms with E-state index < -0.39 is 11.2 Å². The van der Waals surface area contributed by atoms with Crippen LogP contribution in [-0.4, -0.2) is 110 Å². The number of ketones is 2. The molecule has 0 bridgehead atoms. The summed E-state index contributed by atoms with van der Waals surface area (Å²) in [5, 5.41) is 20.2. The molecule has 368 valence electrons. The summed E-state index contributed by atoms with van der Waals surface area (Å²) >= 11 is 3.16. The van der Waals surface area contributed by atoms with Gasteiger partial charge in [0.15, 0.2) is 11.6 Å². The number of hydrogen-bond donors (Lipinski definition) is 2. The molecule has 2 saturated heterocycles. The molecular formula is C47H80BrClN4O11. The van der Waals surface area contributed by atoms with Crippen molar-refractivity contribution in [3.63, 3.8) is 0 Å². The van der Waals surface area contributed by atoms with Crippen molar-refractivity contribution in [1.29, 1.82) is 0 Å². The Labute approximate surface area is 397 Å². The standard InChI is InChI=1S/C20H32N2O4.C13H20N2O2.C7H13BrO2.C7H14O3.ClH/c1-19(2,3)17-13-14(21-26-17)12-16(23)15-8-7-10-22(15)11-9-18(24)25-20(4,5)6;1-13(2,3)12-8-9(15-17-12)7-11(16)10-5-4-6-14-10;2*1-7(2,3)10-6(9)4-5-8;/h13,15H,7-12H2,1-6H3;8,10,14H,4-7H2,1-3H3;4-5H2,1-3H3;8H,4-5H2,1-3H3;1H/t15-;10-;;;/m00.../s1. The van der Waals surface area contributed by atoms with E-state index in [0.29, 0.717) is 36.8 Å². The molecule has 17 heteroatoms. The number of halogens is 2. The molecule has 2 atom stereocenters. The summed E-state index contributed by atoms with van der Waals surface area (Å²) in [6.07, 6.45) is 5.30. The van der Waals surface area contributed by atoms with Crippen LogP contribution in [0.15, 0.2) is 21.2 Å². The maximum absolute atomic E-state index is 12.7. The molecule has 0 amide bonds. The first-order chi connectivity index (χ1) is 28.8. The minimum absolute atomic E-state index is 0. The maximum Gasteiger partial charge on any atom is 0.308 e. The number of carbonyl (C=O) groups excluding carboxylic acids is 5. The molecule has 64 heavy (non-hydrogen) atoms. The zero-order valence-corrected chi connectivity index (χ0v) is 43.8. The Kier molecular flexibility index (Phi) is 26.1. The van der Waals surface area contributed by atoms with E-state index in [1.54, 1.807) is 20.8 Å². The van der Waals surface area contributed by atoms with Crippen LogP contribution in [0.2, 0.25) is 0 Å². The monoisotopic (exact) mass is 990 g/mol. The van der Waals surface area contributed by atoms with E-state index in [1.165, 1.54) is 0 Å². The molecule has 4 heterocycles. The van der Waals surface area contributed by atoms with Crippen LogP contribution >= 0.6 is 28.3 Å². The fourth-order valence-electron chi connectivity index (χ4n) is 6.09. The van der Waals surface area contributed by atoms with Gasteiger partial charge < -0.3 is 33.7 Å². The van der Waals surface area contributed by atoms with Crippen molar-refractivity contribution in [2.75, 3.05) is 31.6 Å². The number of ether oxygens (including phenoxy) is 3. The molecule has 2 aliphatic rings. The highest BCUT2D eigenvalue weighted by atomic mass is 79.9. The van der Waals surface area contributed by atoms with Crippen LogP contribution in [0.4, 0.5) is 0 Å². The Bertz CT molecular complexity index is 1690. The molecule has 0 saturated carbocycles. The fraction of sp³-hybridized carbons (Fsp3) is 0.766. The predicted octanol–water partition coefficient (Wildman–Crippen LogP) is 8.36. The first-order valence-corrected chi connectivity index (χ1v) is 23.2. The normalized spacial score (nSPS) is 16.7. The summed E-state index contributed by atoms with van der Waals surface area (Å²) in [6.45, 7) is 31.1. The first-order valence-electron chi connectivity index (χ1n) is 22.1. The molecule has 0 aromatic carbocycles. The average Bonchev–Trinajstić information content (AvgIpc) is 3.93. The molecule has 2 aromatic rings. The quantitative estimate of drug-likeness (QED) is 0.110. The highest BCUT2D eigenvalue weighted by Crippen LogP contribution is 2.25. The number of aliphatic hydroxyl groups excluding tert-OH is 1. The lowest BCUT2D eigenvalue weighted by atomic mass is 9.93. The highest BCUT2D eigenvalue weighted by Gasteiger charge is 2.32. The topological polar surface area (TPSA) is 201 Å². The van der Waals surface area contributed by atoms with E-state index in [-0.39, 0.29) is 89.8 Å². The van der Waals surface area contributed by atoms with Gasteiger partial charge in [-0.05, 0) is 101 Å². The van der Waals surface area contributed by atoms with Gasteiger partial charge in [-0.1, -0.05) is 67.8 Å². The number of esters is 3. The average molecular weight is 993 g/mol. The van der Waals surface area contributed by atoms with Crippen LogP contribution in [-0.2, 0) is 61.9 Å². The van der Waals surface area contributed by atoms with E-state index in [2.05, 4.69) is 78.0 Å². The summed E-state index contributed by atoms with van der Waals surface area (Å²) in [5.41, 5.74) is -0.0193. The molecule has 0 unspecified atom stereocenters. The number of rotatable bonds is 13. The lowest BCUT2D eigenvalue weighted by Gasteiger charge is -2.24. The molecule has 15 nitrogen and oxygen atoms in total. The van der Waals surface area contributed by atoms with E-state index in [9.17, 15) is 24.0 Å². The van der Waals surface area contributed by atoms with Crippen LogP contribution in [0.25, 0.3) is 0 Å². The number of likely N-dealkylation sites (tertiary alicyclic amines) is 1. The van der Waals surface area contributed by atoms with Crippen LogP contribution in [0, 0.1) is 0 Å². The number of alkyl halides is 1. The summed E-state index contributed by atoms with van der Waals surface area (Å²) in [6, 6.07) is 3.64. The van der Waals surface area contributed by atoms with Crippen LogP contribution in [0.5, 0.6) is 0 Å². The van der Waals surface area contributed by atoms with Gasteiger partial charge in [0, 0.05) is 34.8 Å². The molecule has 2 fully saturated rings. The number of aliphatic hydroxyl groups is 1. The van der Waals surface area contributed by atoms with E-state index in [4.69, 9.17) is 28.4 Å². The van der Waals surface area contributed by atoms with Crippen LogP contribution in [0.3, 0.4) is 0 Å². The smallest absolute Gasteiger partial charge is 0.308 e. The number of nitrogens with zero attached hydrogens (tertiary/aromatic N) is 3. The van der Waals surface area contributed by atoms with Gasteiger partial charge >= 0.3 is 17.9 Å². The Balaban J connectivity index is 0.000000899. The minimum Gasteiger partial charge on any atom is -0.460 e. The fourth-order valence-corrected chi connectivity index (χ4v) is 6.42. The second kappa shape index (κ2) is 27.5. The van der Waals surface area contributed by atoms with Crippen LogP contribution < -0.4 is 5.32 Å². The van der Waals surface area contributed by atoms with Crippen molar-refractivity contribution < 1.29 is 52.3 Å². The largest absolute Gasteiger partial charge is 0.460 e. The Morgan fingerprint density at radius 1 is 0.688 bits per heavy atom. The third-order valence-corrected chi connectivity index (χ3v) is 9.37. The Hall–Kier alpha value is -3.18. The van der Waals surface area contributed by atoms with Gasteiger partial charge in [-0.2, -0.15) is 0 Å². The molecule has 0 spiro atoms. The summed E-state index contributed by atoms with van der Waals surface area (Å²) in [7, 11) is 0. The van der Waals surface area contributed by atoms with Crippen molar-refractivity contribution >= 4 is 57.8 Å². The maximum atomic E-state index is 12.7. The van der Waals surface area contributed by atoms with Gasteiger partial charge in [0.1, 0.15) is 28.3 Å². The molecule has 0 radical (unpaired) electrons. The number of carbonyl (C=O) groups is 5. The molecule has 2 aromatic heterocycles. The van der Waals surface area contributed by atoms with Crippen molar-refractivity contribution in [3.8, 4) is 0 Å². The highest BCUT2D eigenvalue weighted by molar-refractivity contribution is 9.09. The molecule has 0 aliphatic carbocycles. The van der Waals surface area contributed by atoms with Crippen molar-refractivity contribution in [1.82, 2.24) is 20.5 Å². The second-order valence-electron chi connectivity index (χ2n) is 20.9. The summed E-state index contributed by atoms with van der Waals surface area (Å²) < 4.78 is 25.9. The number of hydrogen-bond acceptors (Lipinski definition) is 15. The van der Waals surface area contributed by atoms with Gasteiger partial charge in [-0.3, -0.25) is 28.9 Å². The second-order valence-corrected chi connectivity index (χ2v) is 21.7. The molecule has 2 N–H and O–H groups in total. The summed E-state index contributed by atoms with van der Waals surface area (Å²) in [5.74, 6) is 1.26. The van der Waals surface area contributed by atoms with Gasteiger partial charge in [-0.15, -0.1) is 12.4 Å². The third-order valence-electron chi connectivity index (χ3n) is 8.97. The Morgan fingerprint density at radius 2 is 1.12 bits per heavy atom. The van der Waals surface area contributed by atoms with Gasteiger partial charge in [0.2, 0.25) is 0 Å². The Morgan fingerprint density at radius 3 is 1.50 bits per heavy atom. The number of nitrogens with one attached hydrogen (secondary N) is 1. The van der Waals surface area contributed by atoms with E-state index >= 15 is 0 Å². The number of aromatic nitrogens is 2. The van der Waals surface area contributed by atoms with E-state index in [1.807, 2.05) is 53.7 Å². The minimum atomic E-state index is -0.477. The first kappa shape index (κ1) is 60.8. The summed E-state index contributed by atoms with van der Waals surface area (Å²) in [4.78, 5) is 60.1. The van der Waals surface area contributed by atoms with Crippen LogP contribution in [0.1, 0.15) is 172 Å². The van der Waals surface area contributed by atoms with Crippen molar-refractivity contribution in [3.05, 3.63) is 35.0 Å². The van der Waals surface area contributed by atoms with Crippen molar-refractivity contribution in [2.24, 2.45) is 0 Å². The molecule has 4 rings (SSSR count). The third kappa shape index (κ3) is 26.7. The lowest BCUT2D eigenvalue weighted by molar-refractivity contribution is -0.156. The SMILES string of the molecule is CC(C)(C)OC(=O)CCBr.CC(C)(C)OC(=O)CCN1CCC[C@H]1C(=O)Cc1cc(C(C)(C)C)on1.CC(C)(C)OC(=O)CCO.CC(C)(C)c1cc(CC(=O)[C@@H]2CCCN2)no1.Cl. The zero-order valence-electron chi connectivity index (χ0n) is 41.4. The van der Waals surface area contributed by atoms with E-state index in [0.717, 1.165) is 56.0 Å². The predicted molar refractivity (Wildman–Crippen MR) is 253 cm³/mol. The molecular weight excluding hydrogens is 912 g/mol.